The fourth-order valence-electron chi connectivity index (χ4n) is 1.57. The first-order valence-electron chi connectivity index (χ1n) is 5.83. The molecule has 1 rings (SSSR count). The van der Waals surface area contributed by atoms with Crippen LogP contribution in [-0.2, 0) is 14.6 Å². The van der Waals surface area contributed by atoms with E-state index >= 15 is 0 Å². The molecule has 0 heterocycles. The van der Waals surface area contributed by atoms with E-state index in [9.17, 15) is 13.2 Å². The van der Waals surface area contributed by atoms with Crippen LogP contribution in [0.2, 0.25) is 10.0 Å². The molecule has 1 N–H and O–H groups in total. The average Bonchev–Trinajstić information content (AvgIpc) is 2.34. The summed E-state index contributed by atoms with van der Waals surface area (Å²) in [4.78, 5) is 10.8. The third kappa shape index (κ3) is 4.09. The van der Waals surface area contributed by atoms with Crippen LogP contribution >= 0.6 is 23.2 Å². The van der Waals surface area contributed by atoms with E-state index in [0.29, 0.717) is 19.6 Å². The number of sulfone groups is 1. The lowest BCUT2D eigenvalue weighted by Crippen LogP contribution is -2.12. The Hall–Kier alpha value is -0.820. The summed E-state index contributed by atoms with van der Waals surface area (Å²) >= 11 is 11.6. The normalized spacial score (nSPS) is 11.6. The van der Waals surface area contributed by atoms with E-state index in [1.165, 1.54) is 12.1 Å². The molecular weight excluding hydrogens is 327 g/mol. The van der Waals surface area contributed by atoms with Crippen molar-refractivity contribution in [2.24, 2.45) is 0 Å². The highest BCUT2D eigenvalue weighted by Gasteiger charge is 2.24. The fraction of sp³-hybridized carbons (Fsp3) is 0.417. The van der Waals surface area contributed by atoms with Crippen molar-refractivity contribution in [2.75, 3.05) is 19.0 Å². The Morgan fingerprint density at radius 2 is 2.00 bits per heavy atom. The van der Waals surface area contributed by atoms with E-state index in [4.69, 9.17) is 33.0 Å². The number of aromatic carboxylic acids is 1. The maximum absolute atomic E-state index is 12.1. The lowest BCUT2D eigenvalue weighted by atomic mass is 10.2. The summed E-state index contributed by atoms with van der Waals surface area (Å²) in [5.74, 6) is -1.54. The number of rotatable bonds is 7. The fourth-order valence-corrected chi connectivity index (χ4v) is 3.83. The summed E-state index contributed by atoms with van der Waals surface area (Å²) in [6.45, 7) is 2.63. The maximum Gasteiger partial charge on any atom is 0.338 e. The smallest absolute Gasteiger partial charge is 0.338 e. The molecule has 0 saturated carbocycles. The SMILES string of the molecule is CCOCCCS(=O)(=O)c1ccc(Cl)c(C(=O)O)c1Cl. The van der Waals surface area contributed by atoms with Gasteiger partial charge in [0.15, 0.2) is 9.84 Å². The molecule has 0 bridgehead atoms. The van der Waals surface area contributed by atoms with Crippen molar-refractivity contribution in [3.63, 3.8) is 0 Å². The van der Waals surface area contributed by atoms with Gasteiger partial charge in [0.2, 0.25) is 0 Å². The molecule has 0 radical (unpaired) electrons. The number of ether oxygens (including phenoxy) is 1. The molecule has 0 saturated heterocycles. The van der Waals surface area contributed by atoms with E-state index in [-0.39, 0.29) is 20.7 Å². The van der Waals surface area contributed by atoms with Crippen LogP contribution in [0.4, 0.5) is 0 Å². The Morgan fingerprint density at radius 3 is 2.55 bits per heavy atom. The van der Waals surface area contributed by atoms with Gasteiger partial charge in [0.25, 0.3) is 0 Å². The molecule has 112 valence electrons. The van der Waals surface area contributed by atoms with Gasteiger partial charge >= 0.3 is 5.97 Å². The first kappa shape index (κ1) is 17.2. The summed E-state index contributed by atoms with van der Waals surface area (Å²) in [6, 6.07) is 2.43. The number of hydrogen-bond donors (Lipinski definition) is 1. The van der Waals surface area contributed by atoms with Crippen LogP contribution in [0.5, 0.6) is 0 Å². The number of benzene rings is 1. The van der Waals surface area contributed by atoms with E-state index in [0.717, 1.165) is 0 Å². The van der Waals surface area contributed by atoms with Gasteiger partial charge in [-0.15, -0.1) is 0 Å². The second-order valence-electron chi connectivity index (χ2n) is 3.91. The van der Waals surface area contributed by atoms with Crippen molar-refractivity contribution in [1.82, 2.24) is 0 Å². The zero-order valence-corrected chi connectivity index (χ0v) is 13.1. The van der Waals surface area contributed by atoms with Gasteiger partial charge in [0.1, 0.15) is 0 Å². The third-order valence-electron chi connectivity index (χ3n) is 2.51. The van der Waals surface area contributed by atoms with Gasteiger partial charge in [0.05, 0.1) is 26.3 Å². The van der Waals surface area contributed by atoms with Crippen molar-refractivity contribution >= 4 is 39.0 Å². The predicted octanol–water partition coefficient (Wildman–Crippen LogP) is 2.89. The van der Waals surface area contributed by atoms with E-state index < -0.39 is 21.4 Å². The molecule has 0 aliphatic carbocycles. The molecule has 1 aromatic carbocycles. The van der Waals surface area contributed by atoms with Gasteiger partial charge in [0, 0.05) is 13.2 Å². The Bertz CT molecular complexity index is 598. The Labute approximate surface area is 127 Å². The minimum absolute atomic E-state index is 0.101. The number of halogens is 2. The standard InChI is InChI=1S/C12H14Cl2O5S/c1-2-19-6-3-7-20(17,18)9-5-4-8(13)10(11(9)14)12(15)16/h4-5H,2-3,6-7H2,1H3,(H,15,16). The highest BCUT2D eigenvalue weighted by atomic mass is 35.5. The largest absolute Gasteiger partial charge is 0.478 e. The summed E-state index contributed by atoms with van der Waals surface area (Å²) in [5, 5.41) is 8.54. The minimum atomic E-state index is -3.68. The number of carboxylic acid groups (broad SMARTS) is 1. The van der Waals surface area contributed by atoms with E-state index in [1.807, 2.05) is 6.92 Å². The summed E-state index contributed by atoms with van der Waals surface area (Å²) in [5.41, 5.74) is -0.404. The molecule has 8 heteroatoms. The number of carbonyl (C=O) groups is 1. The van der Waals surface area contributed by atoms with Crippen molar-refractivity contribution < 1.29 is 23.1 Å². The zero-order chi connectivity index (χ0) is 15.3. The lowest BCUT2D eigenvalue weighted by molar-refractivity contribution is 0.0697. The van der Waals surface area contributed by atoms with Crippen LogP contribution < -0.4 is 0 Å². The zero-order valence-electron chi connectivity index (χ0n) is 10.7. The topological polar surface area (TPSA) is 80.7 Å². The van der Waals surface area contributed by atoms with Crippen LogP contribution in [-0.4, -0.2) is 38.5 Å². The molecule has 1 aromatic rings. The molecular formula is C12H14Cl2O5S. The van der Waals surface area contributed by atoms with Gasteiger partial charge in [-0.2, -0.15) is 0 Å². The molecule has 0 aliphatic rings. The number of carboxylic acids is 1. The summed E-state index contributed by atoms with van der Waals surface area (Å²) < 4.78 is 29.3. The van der Waals surface area contributed by atoms with Crippen LogP contribution in [0, 0.1) is 0 Å². The first-order valence-corrected chi connectivity index (χ1v) is 8.24. The van der Waals surface area contributed by atoms with Crippen LogP contribution in [0.25, 0.3) is 0 Å². The lowest BCUT2D eigenvalue weighted by Gasteiger charge is -2.09. The molecule has 0 atom stereocenters. The predicted molar refractivity (Wildman–Crippen MR) is 76.6 cm³/mol. The van der Waals surface area contributed by atoms with Crippen molar-refractivity contribution in [3.8, 4) is 0 Å². The van der Waals surface area contributed by atoms with Crippen molar-refractivity contribution in [1.29, 1.82) is 0 Å². The molecule has 0 aromatic heterocycles. The molecule has 20 heavy (non-hydrogen) atoms. The minimum Gasteiger partial charge on any atom is -0.478 e. The average molecular weight is 341 g/mol. The summed E-state index contributed by atoms with van der Waals surface area (Å²) in [6.07, 6.45) is 0.303. The van der Waals surface area contributed by atoms with E-state index in [1.54, 1.807) is 0 Å². The van der Waals surface area contributed by atoms with Gasteiger partial charge in [-0.1, -0.05) is 23.2 Å². The molecule has 0 fully saturated rings. The quantitative estimate of drug-likeness (QED) is 0.772. The van der Waals surface area contributed by atoms with Crippen LogP contribution in [0.15, 0.2) is 17.0 Å². The van der Waals surface area contributed by atoms with Crippen LogP contribution in [0.3, 0.4) is 0 Å². The van der Waals surface area contributed by atoms with E-state index in [2.05, 4.69) is 0 Å². The highest BCUT2D eigenvalue weighted by Crippen LogP contribution is 2.31. The molecule has 5 nitrogen and oxygen atoms in total. The summed E-state index contributed by atoms with van der Waals surface area (Å²) in [7, 11) is -3.68. The first-order chi connectivity index (χ1) is 9.31. The third-order valence-corrected chi connectivity index (χ3v) is 5.17. The Kier molecular flexibility index (Phi) is 6.26. The van der Waals surface area contributed by atoms with Gasteiger partial charge in [-0.05, 0) is 25.5 Å². The van der Waals surface area contributed by atoms with Crippen molar-refractivity contribution in [2.45, 2.75) is 18.2 Å². The molecule has 0 unspecified atom stereocenters. The van der Waals surface area contributed by atoms with Crippen LogP contribution in [0.1, 0.15) is 23.7 Å². The Balaban J connectivity index is 3.07. The monoisotopic (exact) mass is 340 g/mol. The molecule has 0 aliphatic heterocycles. The van der Waals surface area contributed by atoms with Crippen molar-refractivity contribution in [3.05, 3.63) is 27.7 Å². The van der Waals surface area contributed by atoms with Gasteiger partial charge in [-0.25, -0.2) is 13.2 Å². The maximum atomic E-state index is 12.1. The Morgan fingerprint density at radius 1 is 1.35 bits per heavy atom. The molecule has 0 amide bonds. The van der Waals surface area contributed by atoms with Gasteiger partial charge in [-0.3, -0.25) is 0 Å². The highest BCUT2D eigenvalue weighted by molar-refractivity contribution is 7.91. The molecule has 0 spiro atoms. The van der Waals surface area contributed by atoms with Gasteiger partial charge < -0.3 is 9.84 Å². The number of hydrogen-bond acceptors (Lipinski definition) is 4. The second-order valence-corrected chi connectivity index (χ2v) is 6.77. The second kappa shape index (κ2) is 7.26.